The summed E-state index contributed by atoms with van der Waals surface area (Å²) in [6.45, 7) is 10.5. The van der Waals surface area contributed by atoms with Crippen molar-refractivity contribution in [1.82, 2.24) is 5.32 Å². The van der Waals surface area contributed by atoms with E-state index in [9.17, 15) is 4.79 Å². The molecule has 2 bridgehead atoms. The first-order chi connectivity index (χ1) is 6.91. The summed E-state index contributed by atoms with van der Waals surface area (Å²) >= 11 is 0. The Morgan fingerprint density at radius 2 is 2.13 bits per heavy atom. The van der Waals surface area contributed by atoms with Gasteiger partial charge >= 0.3 is 0 Å². The fourth-order valence-electron chi connectivity index (χ4n) is 3.65. The Labute approximate surface area is 92.1 Å². The standard InChI is InChI=1S/C13H21NO/c1-5-11(15)14-10-8-9-6-7-13(10,4)12(9,2)3/h5,9-10H,1,6-8H2,2-4H3,(H,14,15)/t9-,10-,13-/m0/s1. The molecule has 0 unspecified atom stereocenters. The lowest BCUT2D eigenvalue weighted by Crippen LogP contribution is -2.46. The highest BCUT2D eigenvalue weighted by Gasteiger charge is 2.61. The second-order valence-electron chi connectivity index (χ2n) is 5.88. The van der Waals surface area contributed by atoms with Crippen LogP contribution in [0.5, 0.6) is 0 Å². The Hall–Kier alpha value is -0.790. The minimum absolute atomic E-state index is 0.0235. The first-order valence-corrected chi connectivity index (χ1v) is 5.85. The third-order valence-electron chi connectivity index (χ3n) is 5.30. The van der Waals surface area contributed by atoms with Crippen molar-refractivity contribution in [2.24, 2.45) is 16.7 Å². The molecular weight excluding hydrogens is 186 g/mol. The van der Waals surface area contributed by atoms with Crippen molar-refractivity contribution in [3.05, 3.63) is 12.7 Å². The van der Waals surface area contributed by atoms with Gasteiger partial charge in [0, 0.05) is 6.04 Å². The van der Waals surface area contributed by atoms with Gasteiger partial charge in [-0.25, -0.2) is 0 Å². The van der Waals surface area contributed by atoms with Crippen LogP contribution in [0.3, 0.4) is 0 Å². The van der Waals surface area contributed by atoms with Crippen LogP contribution in [-0.2, 0) is 4.79 Å². The Morgan fingerprint density at radius 1 is 1.47 bits per heavy atom. The lowest BCUT2D eigenvalue weighted by molar-refractivity contribution is -0.118. The van der Waals surface area contributed by atoms with E-state index in [0.29, 0.717) is 11.5 Å². The van der Waals surface area contributed by atoms with Crippen molar-refractivity contribution in [2.75, 3.05) is 0 Å². The topological polar surface area (TPSA) is 29.1 Å². The summed E-state index contributed by atoms with van der Waals surface area (Å²) in [5, 5.41) is 3.10. The molecule has 1 amide bonds. The molecule has 0 aromatic rings. The Balaban J connectivity index is 2.19. The first-order valence-electron chi connectivity index (χ1n) is 5.85. The number of hydrogen-bond acceptors (Lipinski definition) is 1. The molecule has 1 N–H and O–H groups in total. The number of carbonyl (C=O) groups excluding carboxylic acids is 1. The van der Waals surface area contributed by atoms with Gasteiger partial charge in [-0.1, -0.05) is 27.4 Å². The molecule has 15 heavy (non-hydrogen) atoms. The molecule has 0 aromatic carbocycles. The van der Waals surface area contributed by atoms with Gasteiger partial charge in [0.1, 0.15) is 0 Å². The molecule has 84 valence electrons. The maximum Gasteiger partial charge on any atom is 0.243 e. The van der Waals surface area contributed by atoms with Crippen LogP contribution < -0.4 is 5.32 Å². The van der Waals surface area contributed by atoms with E-state index in [2.05, 4.69) is 32.7 Å². The predicted molar refractivity (Wildman–Crippen MR) is 61.4 cm³/mol. The van der Waals surface area contributed by atoms with Crippen LogP contribution in [0.25, 0.3) is 0 Å². The van der Waals surface area contributed by atoms with Crippen LogP contribution in [0.2, 0.25) is 0 Å². The maximum absolute atomic E-state index is 11.4. The summed E-state index contributed by atoms with van der Waals surface area (Å²) in [4.78, 5) is 11.4. The molecule has 2 heteroatoms. The van der Waals surface area contributed by atoms with E-state index in [1.54, 1.807) is 0 Å². The average molecular weight is 207 g/mol. The summed E-state index contributed by atoms with van der Waals surface area (Å²) in [5.74, 6) is 0.752. The molecule has 0 heterocycles. The number of hydrogen-bond donors (Lipinski definition) is 1. The fraction of sp³-hybridized carbons (Fsp3) is 0.769. The van der Waals surface area contributed by atoms with Gasteiger partial charge in [0.15, 0.2) is 0 Å². The van der Waals surface area contributed by atoms with E-state index in [1.165, 1.54) is 18.9 Å². The second-order valence-corrected chi connectivity index (χ2v) is 5.88. The van der Waals surface area contributed by atoms with Crippen LogP contribution >= 0.6 is 0 Å². The molecule has 2 aliphatic carbocycles. The summed E-state index contributed by atoms with van der Waals surface area (Å²) in [6, 6.07) is 0.344. The Bertz CT molecular complexity index is 308. The normalized spacial score (nSPS) is 41.5. The summed E-state index contributed by atoms with van der Waals surface area (Å²) < 4.78 is 0. The van der Waals surface area contributed by atoms with Gasteiger partial charge in [-0.15, -0.1) is 0 Å². The smallest absolute Gasteiger partial charge is 0.243 e. The molecule has 0 aromatic heterocycles. The van der Waals surface area contributed by atoms with Crippen molar-refractivity contribution < 1.29 is 4.79 Å². The largest absolute Gasteiger partial charge is 0.349 e. The molecular formula is C13H21NO. The van der Waals surface area contributed by atoms with E-state index >= 15 is 0 Å². The van der Waals surface area contributed by atoms with Gasteiger partial charge < -0.3 is 5.32 Å². The number of carbonyl (C=O) groups is 1. The fourth-order valence-corrected chi connectivity index (χ4v) is 3.65. The van der Waals surface area contributed by atoms with Gasteiger partial charge in [-0.05, 0) is 42.1 Å². The molecule has 0 aliphatic heterocycles. The van der Waals surface area contributed by atoms with Gasteiger partial charge in [0.2, 0.25) is 5.91 Å². The van der Waals surface area contributed by atoms with E-state index in [-0.39, 0.29) is 11.3 Å². The molecule has 2 fully saturated rings. The molecule has 0 radical (unpaired) electrons. The summed E-state index contributed by atoms with van der Waals surface area (Å²) in [7, 11) is 0. The second kappa shape index (κ2) is 3.10. The van der Waals surface area contributed by atoms with Gasteiger partial charge in [0.05, 0.1) is 0 Å². The molecule has 2 aliphatic rings. The lowest BCUT2D eigenvalue weighted by Gasteiger charge is -2.39. The van der Waals surface area contributed by atoms with E-state index < -0.39 is 0 Å². The van der Waals surface area contributed by atoms with Crippen molar-refractivity contribution in [3.8, 4) is 0 Å². The zero-order chi connectivity index (χ0) is 11.3. The number of amides is 1. The Morgan fingerprint density at radius 3 is 2.53 bits per heavy atom. The number of fused-ring (bicyclic) bond motifs is 2. The van der Waals surface area contributed by atoms with Crippen LogP contribution in [0.15, 0.2) is 12.7 Å². The zero-order valence-electron chi connectivity index (χ0n) is 9.97. The SMILES string of the molecule is C=CC(=O)N[C@H]1C[C@@H]2CC[C@]1(C)C2(C)C. The number of nitrogens with one attached hydrogen (secondary N) is 1. The summed E-state index contributed by atoms with van der Waals surface area (Å²) in [6.07, 6.45) is 5.09. The Kier molecular flexibility index (Phi) is 2.21. The maximum atomic E-state index is 11.4. The van der Waals surface area contributed by atoms with Crippen molar-refractivity contribution in [2.45, 2.75) is 46.1 Å². The average Bonchev–Trinajstić information content (AvgIpc) is 2.50. The van der Waals surface area contributed by atoms with E-state index in [1.807, 2.05) is 0 Å². The van der Waals surface area contributed by atoms with Crippen molar-refractivity contribution in [1.29, 1.82) is 0 Å². The van der Waals surface area contributed by atoms with Gasteiger partial charge in [-0.3, -0.25) is 4.79 Å². The van der Waals surface area contributed by atoms with E-state index in [0.717, 1.165) is 12.3 Å². The molecule has 0 spiro atoms. The zero-order valence-corrected chi connectivity index (χ0v) is 9.97. The predicted octanol–water partition coefficient (Wildman–Crippen LogP) is 2.50. The van der Waals surface area contributed by atoms with Crippen molar-refractivity contribution in [3.63, 3.8) is 0 Å². The molecule has 2 nitrogen and oxygen atoms in total. The minimum Gasteiger partial charge on any atom is -0.349 e. The highest BCUT2D eigenvalue weighted by Crippen LogP contribution is 2.65. The third kappa shape index (κ3) is 1.27. The molecule has 2 rings (SSSR count). The van der Waals surface area contributed by atoms with Gasteiger partial charge in [0.25, 0.3) is 0 Å². The third-order valence-corrected chi connectivity index (χ3v) is 5.30. The molecule has 2 saturated carbocycles. The lowest BCUT2D eigenvalue weighted by atomic mass is 9.69. The molecule has 0 saturated heterocycles. The summed E-state index contributed by atoms with van der Waals surface area (Å²) in [5.41, 5.74) is 0.641. The van der Waals surface area contributed by atoms with Crippen LogP contribution in [0.1, 0.15) is 40.0 Å². The minimum atomic E-state index is -0.0235. The molecule has 3 atom stereocenters. The van der Waals surface area contributed by atoms with E-state index in [4.69, 9.17) is 0 Å². The van der Waals surface area contributed by atoms with Crippen LogP contribution in [0.4, 0.5) is 0 Å². The monoisotopic (exact) mass is 207 g/mol. The quantitative estimate of drug-likeness (QED) is 0.693. The number of rotatable bonds is 2. The van der Waals surface area contributed by atoms with Crippen LogP contribution in [0, 0.1) is 16.7 Å². The first kappa shape index (κ1) is 10.7. The highest BCUT2D eigenvalue weighted by molar-refractivity contribution is 5.87. The highest BCUT2D eigenvalue weighted by atomic mass is 16.1. The van der Waals surface area contributed by atoms with Gasteiger partial charge in [-0.2, -0.15) is 0 Å². The van der Waals surface area contributed by atoms with Crippen molar-refractivity contribution >= 4 is 5.91 Å². The van der Waals surface area contributed by atoms with Crippen LogP contribution in [-0.4, -0.2) is 11.9 Å².